The Morgan fingerprint density at radius 1 is 1.09 bits per heavy atom. The number of rotatable bonds is 5. The van der Waals surface area contributed by atoms with Gasteiger partial charge in [-0.1, -0.05) is 12.1 Å². The Morgan fingerprint density at radius 3 is 2.91 bits per heavy atom. The van der Waals surface area contributed by atoms with Crippen LogP contribution in [0, 0.1) is 0 Å². The highest BCUT2D eigenvalue weighted by atomic mass is 15.1. The molecule has 5 heteroatoms. The van der Waals surface area contributed by atoms with Gasteiger partial charge >= 0.3 is 0 Å². The van der Waals surface area contributed by atoms with Gasteiger partial charge in [0.1, 0.15) is 17.3 Å². The van der Waals surface area contributed by atoms with Gasteiger partial charge < -0.3 is 14.9 Å². The third-order valence-corrected chi connectivity index (χ3v) is 4.11. The van der Waals surface area contributed by atoms with E-state index < -0.39 is 0 Å². The first kappa shape index (κ1) is 13.8. The van der Waals surface area contributed by atoms with Crippen LogP contribution in [0.1, 0.15) is 12.7 Å². The summed E-state index contributed by atoms with van der Waals surface area (Å²) in [5, 5.41) is 4.51. The second kappa shape index (κ2) is 5.76. The minimum Gasteiger partial charge on any atom is -0.370 e. The second-order valence-electron chi connectivity index (χ2n) is 5.55. The van der Waals surface area contributed by atoms with E-state index in [4.69, 9.17) is 4.98 Å². The average Bonchev–Trinajstić information content (AvgIpc) is 3.17. The molecule has 0 atom stereocenters. The predicted molar refractivity (Wildman–Crippen MR) is 93.7 cm³/mol. The van der Waals surface area contributed by atoms with E-state index in [0.29, 0.717) is 0 Å². The maximum Gasteiger partial charge on any atom is 0.139 e. The van der Waals surface area contributed by atoms with Crippen molar-refractivity contribution in [3.63, 3.8) is 0 Å². The molecule has 5 nitrogen and oxygen atoms in total. The van der Waals surface area contributed by atoms with Gasteiger partial charge in [0, 0.05) is 31.1 Å². The first-order valence-electron chi connectivity index (χ1n) is 7.97. The highest BCUT2D eigenvalue weighted by Crippen LogP contribution is 2.17. The predicted octanol–water partition coefficient (Wildman–Crippen LogP) is 3.59. The maximum atomic E-state index is 4.75. The normalized spacial score (nSPS) is 11.3. The number of aromatic amines is 1. The van der Waals surface area contributed by atoms with Crippen LogP contribution in [0.4, 0.5) is 5.82 Å². The van der Waals surface area contributed by atoms with Crippen LogP contribution in [0.5, 0.6) is 0 Å². The molecule has 0 aliphatic heterocycles. The summed E-state index contributed by atoms with van der Waals surface area (Å²) in [6.45, 7) is 3.90. The van der Waals surface area contributed by atoms with Gasteiger partial charge in [0.25, 0.3) is 0 Å². The summed E-state index contributed by atoms with van der Waals surface area (Å²) in [6, 6.07) is 14.4. The Kier molecular flexibility index (Phi) is 3.46. The average molecular weight is 305 g/mol. The molecule has 4 rings (SSSR count). The summed E-state index contributed by atoms with van der Waals surface area (Å²) >= 11 is 0. The fourth-order valence-electron chi connectivity index (χ4n) is 3.00. The van der Waals surface area contributed by atoms with Crippen molar-refractivity contribution < 1.29 is 0 Å². The Labute approximate surface area is 134 Å². The number of para-hydroxylation sites is 2. The van der Waals surface area contributed by atoms with E-state index in [1.54, 1.807) is 0 Å². The number of fused-ring (bicyclic) bond motifs is 2. The van der Waals surface area contributed by atoms with Crippen molar-refractivity contribution in [2.45, 2.75) is 19.9 Å². The first-order valence-corrected chi connectivity index (χ1v) is 7.97. The summed E-state index contributed by atoms with van der Waals surface area (Å²) in [5.41, 5.74) is 3.18. The van der Waals surface area contributed by atoms with E-state index in [1.165, 1.54) is 5.52 Å². The van der Waals surface area contributed by atoms with Gasteiger partial charge in [-0.15, -0.1) is 0 Å². The number of nitrogens with zero attached hydrogens (tertiary/aromatic N) is 3. The molecule has 0 saturated carbocycles. The van der Waals surface area contributed by atoms with Gasteiger partial charge in [-0.2, -0.15) is 0 Å². The maximum absolute atomic E-state index is 4.75. The molecule has 0 aliphatic carbocycles. The van der Waals surface area contributed by atoms with Crippen LogP contribution in [0.15, 0.2) is 48.7 Å². The minimum absolute atomic E-state index is 0.808. The third kappa shape index (κ3) is 2.54. The summed E-state index contributed by atoms with van der Waals surface area (Å²) < 4.78 is 2.28. The van der Waals surface area contributed by atoms with Crippen molar-refractivity contribution in [3.05, 3.63) is 54.5 Å². The van der Waals surface area contributed by atoms with Crippen molar-refractivity contribution in [2.75, 3.05) is 11.9 Å². The molecule has 1 aromatic carbocycles. The number of hydrogen-bond donors (Lipinski definition) is 2. The number of anilines is 1. The number of hydrogen-bond acceptors (Lipinski definition) is 3. The Bertz CT molecular complexity index is 950. The van der Waals surface area contributed by atoms with Crippen LogP contribution in [0.3, 0.4) is 0 Å². The fraction of sp³-hybridized carbons (Fsp3) is 0.222. The second-order valence-corrected chi connectivity index (χ2v) is 5.55. The number of aromatic nitrogens is 4. The van der Waals surface area contributed by atoms with Gasteiger partial charge in [0.2, 0.25) is 0 Å². The van der Waals surface area contributed by atoms with Crippen molar-refractivity contribution in [1.82, 2.24) is 19.5 Å². The molecule has 23 heavy (non-hydrogen) atoms. The quantitative estimate of drug-likeness (QED) is 0.592. The van der Waals surface area contributed by atoms with Crippen LogP contribution in [0.2, 0.25) is 0 Å². The molecule has 0 aliphatic rings. The number of H-pyrrole nitrogens is 1. The van der Waals surface area contributed by atoms with E-state index >= 15 is 0 Å². The van der Waals surface area contributed by atoms with Crippen molar-refractivity contribution in [3.8, 4) is 0 Å². The SMILES string of the molecule is CCn1c(CCNc2ccc3cc[nH]c3n2)nc2ccccc21. The zero-order chi connectivity index (χ0) is 15.6. The zero-order valence-electron chi connectivity index (χ0n) is 13.1. The van der Waals surface area contributed by atoms with E-state index in [1.807, 2.05) is 24.4 Å². The molecule has 116 valence electrons. The minimum atomic E-state index is 0.808. The van der Waals surface area contributed by atoms with E-state index in [9.17, 15) is 0 Å². The molecule has 0 bridgehead atoms. The van der Waals surface area contributed by atoms with Crippen LogP contribution >= 0.6 is 0 Å². The monoisotopic (exact) mass is 305 g/mol. The largest absolute Gasteiger partial charge is 0.370 e. The van der Waals surface area contributed by atoms with E-state index in [-0.39, 0.29) is 0 Å². The molecule has 3 heterocycles. The number of benzene rings is 1. The van der Waals surface area contributed by atoms with Crippen molar-refractivity contribution in [1.29, 1.82) is 0 Å². The first-order chi connectivity index (χ1) is 11.3. The number of nitrogens with one attached hydrogen (secondary N) is 2. The van der Waals surface area contributed by atoms with Crippen LogP contribution < -0.4 is 5.32 Å². The van der Waals surface area contributed by atoms with Gasteiger partial charge in [-0.25, -0.2) is 9.97 Å². The zero-order valence-corrected chi connectivity index (χ0v) is 13.1. The van der Waals surface area contributed by atoms with Gasteiger partial charge in [0.15, 0.2) is 0 Å². The molecule has 0 saturated heterocycles. The van der Waals surface area contributed by atoms with Gasteiger partial charge in [-0.05, 0) is 37.3 Å². The Morgan fingerprint density at radius 2 is 2.00 bits per heavy atom. The lowest BCUT2D eigenvalue weighted by Crippen LogP contribution is -2.10. The number of imidazole rings is 1. The fourth-order valence-corrected chi connectivity index (χ4v) is 3.00. The van der Waals surface area contributed by atoms with Crippen LogP contribution in [0.25, 0.3) is 22.1 Å². The Balaban J connectivity index is 1.50. The molecular formula is C18H19N5. The molecular weight excluding hydrogens is 286 g/mol. The highest BCUT2D eigenvalue weighted by Gasteiger charge is 2.08. The van der Waals surface area contributed by atoms with Crippen molar-refractivity contribution >= 4 is 27.9 Å². The Hall–Kier alpha value is -2.82. The molecule has 0 fully saturated rings. The molecule has 0 spiro atoms. The van der Waals surface area contributed by atoms with Crippen LogP contribution in [-0.2, 0) is 13.0 Å². The van der Waals surface area contributed by atoms with Gasteiger partial charge in [0.05, 0.1) is 11.0 Å². The lowest BCUT2D eigenvalue weighted by Gasteiger charge is -2.08. The lowest BCUT2D eigenvalue weighted by molar-refractivity contribution is 0.717. The number of pyridine rings is 1. The summed E-state index contributed by atoms with van der Waals surface area (Å²) in [7, 11) is 0. The molecule has 0 unspecified atom stereocenters. The van der Waals surface area contributed by atoms with E-state index in [2.05, 4.69) is 51.0 Å². The molecule has 2 N–H and O–H groups in total. The summed E-state index contributed by atoms with van der Waals surface area (Å²) in [6.07, 6.45) is 2.78. The summed E-state index contributed by atoms with van der Waals surface area (Å²) in [4.78, 5) is 12.4. The smallest absolute Gasteiger partial charge is 0.139 e. The third-order valence-electron chi connectivity index (χ3n) is 4.11. The van der Waals surface area contributed by atoms with Gasteiger partial charge in [-0.3, -0.25) is 0 Å². The highest BCUT2D eigenvalue weighted by molar-refractivity contribution is 5.77. The van der Waals surface area contributed by atoms with E-state index in [0.717, 1.165) is 47.7 Å². The molecule has 0 radical (unpaired) electrons. The topological polar surface area (TPSA) is 58.5 Å². The summed E-state index contributed by atoms with van der Waals surface area (Å²) in [5.74, 6) is 2.00. The molecule has 4 aromatic rings. The molecule has 0 amide bonds. The standard InChI is InChI=1S/C18H19N5/c1-2-23-15-6-4-3-5-14(15)21-17(23)10-12-19-16-8-7-13-9-11-20-18(13)22-16/h3-9,11H,2,10,12H2,1H3,(H2,19,20,22). The molecule has 3 aromatic heterocycles. The van der Waals surface area contributed by atoms with Crippen molar-refractivity contribution in [2.24, 2.45) is 0 Å². The van der Waals surface area contributed by atoms with Crippen LogP contribution in [-0.4, -0.2) is 26.1 Å². The number of aryl methyl sites for hydroxylation is 1. The lowest BCUT2D eigenvalue weighted by atomic mass is 10.3.